The molecule has 0 atom stereocenters. The van der Waals surface area contributed by atoms with Gasteiger partial charge in [-0.15, -0.1) is 0 Å². The summed E-state index contributed by atoms with van der Waals surface area (Å²) in [5.41, 5.74) is 12.8. The highest BCUT2D eigenvalue weighted by Gasteiger charge is 2.32. The largest absolute Gasteiger partial charge is 0.494 e. The number of unbranched alkanes of at least 4 members (excludes halogenated alkanes) is 1. The van der Waals surface area contributed by atoms with Crippen molar-refractivity contribution in [3.05, 3.63) is 82.2 Å². The number of anilines is 2. The standard InChI is InChI=1S/C41H46N6O11S3/c1-7-12-18-46-23-24(21-44-36-32(40(50)57-10-4)30(34(42)59-36)38(48)55-8-2)19-26(46)27-20-29(54-6)28(47(27)61(52,53)25-16-14-13-15-17-25)22-45-37-33(41(51)58-11-5)31(35(43)60-37)39(49)56-9-3/h13-17,19-23H,7-12,18,42-43H2,1-6H3/b44-21+,45-22+. The van der Waals surface area contributed by atoms with Gasteiger partial charge in [-0.05, 0) is 52.3 Å². The summed E-state index contributed by atoms with van der Waals surface area (Å²) in [4.78, 5) is 61.2. The summed E-state index contributed by atoms with van der Waals surface area (Å²) in [6, 6.07) is 11.0. The van der Waals surface area contributed by atoms with E-state index >= 15 is 0 Å². The lowest BCUT2D eigenvalue weighted by molar-refractivity contribution is 0.0481. The number of methoxy groups -OCH3 is 1. The van der Waals surface area contributed by atoms with Gasteiger partial charge in [-0.25, -0.2) is 41.6 Å². The van der Waals surface area contributed by atoms with E-state index in [2.05, 4.69) is 9.98 Å². The maximum absolute atomic E-state index is 14.8. The Hall–Kier alpha value is -6.25. The number of aliphatic imine (C=N–C) groups is 2. The Morgan fingerprint density at radius 2 is 1.20 bits per heavy atom. The maximum atomic E-state index is 14.8. The van der Waals surface area contributed by atoms with Crippen LogP contribution in [-0.2, 0) is 35.5 Å². The van der Waals surface area contributed by atoms with Crippen LogP contribution < -0.4 is 16.2 Å². The number of nitrogens with zero attached hydrogens (tertiary/aromatic N) is 4. The second-order valence-corrected chi connectivity index (χ2v) is 16.6. The van der Waals surface area contributed by atoms with Crippen molar-refractivity contribution in [2.45, 2.75) is 58.9 Å². The van der Waals surface area contributed by atoms with Crippen LogP contribution in [0.5, 0.6) is 5.75 Å². The van der Waals surface area contributed by atoms with Crippen LogP contribution >= 0.6 is 22.7 Å². The average Bonchev–Trinajstić information content (AvgIpc) is 4.00. The van der Waals surface area contributed by atoms with Crippen LogP contribution in [0.4, 0.5) is 20.0 Å². The third kappa shape index (κ3) is 9.71. The Morgan fingerprint density at radius 3 is 1.67 bits per heavy atom. The number of thiophene rings is 2. The molecule has 1 aromatic carbocycles. The fourth-order valence-electron chi connectivity index (χ4n) is 6.14. The van der Waals surface area contributed by atoms with Gasteiger partial charge in [0.05, 0.1) is 56.0 Å². The molecule has 20 heteroatoms. The number of rotatable bonds is 19. The molecular weight excluding hydrogens is 849 g/mol. The third-order valence-electron chi connectivity index (χ3n) is 8.78. The number of carbonyl (C=O) groups excluding carboxylic acids is 4. The van der Waals surface area contributed by atoms with Crippen LogP contribution in [0, 0.1) is 0 Å². The molecule has 0 radical (unpaired) electrons. The minimum absolute atomic E-state index is 0.0116. The fourth-order valence-corrected chi connectivity index (χ4v) is 9.43. The first-order chi connectivity index (χ1) is 29.3. The number of aromatic nitrogens is 2. The maximum Gasteiger partial charge on any atom is 0.342 e. The smallest absolute Gasteiger partial charge is 0.342 e. The lowest BCUT2D eigenvalue weighted by Gasteiger charge is -2.15. The molecule has 4 N–H and O–H groups in total. The summed E-state index contributed by atoms with van der Waals surface area (Å²) in [6.45, 7) is 9.03. The fraction of sp³-hybridized carbons (Fsp3) is 0.317. The topological polar surface area (TPSA) is 235 Å². The Balaban J connectivity index is 1.74. The van der Waals surface area contributed by atoms with Crippen molar-refractivity contribution in [1.29, 1.82) is 0 Å². The van der Waals surface area contributed by atoms with Crippen molar-refractivity contribution in [2.24, 2.45) is 9.98 Å². The molecule has 4 aromatic heterocycles. The van der Waals surface area contributed by atoms with E-state index in [9.17, 15) is 27.6 Å². The number of hydrogen-bond donors (Lipinski definition) is 2. The Bertz CT molecular complexity index is 2580. The Kier molecular flexibility index (Phi) is 15.3. The van der Waals surface area contributed by atoms with Crippen molar-refractivity contribution in [1.82, 2.24) is 8.54 Å². The van der Waals surface area contributed by atoms with Crippen LogP contribution in [0.1, 0.15) is 100 Å². The molecule has 0 saturated carbocycles. The van der Waals surface area contributed by atoms with Gasteiger partial charge in [0, 0.05) is 30.6 Å². The summed E-state index contributed by atoms with van der Waals surface area (Å²) in [6.07, 6.45) is 5.97. The second-order valence-electron chi connectivity index (χ2n) is 12.7. The minimum Gasteiger partial charge on any atom is -0.494 e. The van der Waals surface area contributed by atoms with Crippen LogP contribution in [0.25, 0.3) is 11.4 Å². The second kappa shape index (κ2) is 20.3. The number of benzene rings is 1. The van der Waals surface area contributed by atoms with Gasteiger partial charge in [-0.2, -0.15) is 0 Å². The van der Waals surface area contributed by atoms with Gasteiger partial charge in [-0.1, -0.05) is 54.2 Å². The number of aryl methyl sites for hydroxylation is 1. The van der Waals surface area contributed by atoms with E-state index in [4.69, 9.17) is 35.2 Å². The predicted molar refractivity (Wildman–Crippen MR) is 234 cm³/mol. The lowest BCUT2D eigenvalue weighted by atomic mass is 10.1. The minimum atomic E-state index is -4.42. The van der Waals surface area contributed by atoms with Crippen LogP contribution in [0.3, 0.4) is 0 Å². The zero-order chi connectivity index (χ0) is 44.4. The van der Waals surface area contributed by atoms with E-state index in [0.29, 0.717) is 24.2 Å². The van der Waals surface area contributed by atoms with E-state index in [0.717, 1.165) is 33.1 Å². The first kappa shape index (κ1) is 45.8. The van der Waals surface area contributed by atoms with E-state index in [1.54, 1.807) is 64.2 Å². The highest BCUT2D eigenvalue weighted by atomic mass is 32.2. The zero-order valence-electron chi connectivity index (χ0n) is 34.4. The molecule has 0 saturated heterocycles. The van der Waals surface area contributed by atoms with Gasteiger partial charge >= 0.3 is 23.9 Å². The highest BCUT2D eigenvalue weighted by Crippen LogP contribution is 2.41. The third-order valence-corrected chi connectivity index (χ3v) is 12.4. The molecule has 0 bridgehead atoms. The number of esters is 4. The Morgan fingerprint density at radius 1 is 0.705 bits per heavy atom. The number of nitrogen functional groups attached to an aromatic ring is 2. The van der Waals surface area contributed by atoms with E-state index < -0.39 is 33.9 Å². The molecule has 17 nitrogen and oxygen atoms in total. The molecule has 5 aromatic rings. The summed E-state index contributed by atoms with van der Waals surface area (Å²) < 4.78 is 59.0. The highest BCUT2D eigenvalue weighted by molar-refractivity contribution is 7.90. The quantitative estimate of drug-likeness (QED) is 0.0465. The van der Waals surface area contributed by atoms with Crippen LogP contribution in [0.2, 0.25) is 0 Å². The molecule has 5 rings (SSSR count). The monoisotopic (exact) mass is 894 g/mol. The Labute approximate surface area is 360 Å². The number of nitrogens with two attached hydrogens (primary N) is 2. The zero-order valence-corrected chi connectivity index (χ0v) is 36.8. The van der Waals surface area contributed by atoms with Gasteiger partial charge in [0.15, 0.2) is 0 Å². The van der Waals surface area contributed by atoms with Gasteiger partial charge in [-0.3, -0.25) is 0 Å². The summed E-state index contributed by atoms with van der Waals surface area (Å²) in [5, 5.41) is 0.0597. The van der Waals surface area contributed by atoms with E-state index in [-0.39, 0.29) is 90.7 Å². The van der Waals surface area contributed by atoms with Crippen molar-refractivity contribution in [2.75, 3.05) is 45.0 Å². The van der Waals surface area contributed by atoms with E-state index in [1.165, 1.54) is 31.7 Å². The molecule has 61 heavy (non-hydrogen) atoms. The van der Waals surface area contributed by atoms with Gasteiger partial charge < -0.3 is 39.7 Å². The van der Waals surface area contributed by atoms with E-state index in [1.807, 2.05) is 11.5 Å². The average molecular weight is 895 g/mol. The van der Waals surface area contributed by atoms with Crippen molar-refractivity contribution in [3.63, 3.8) is 0 Å². The molecule has 0 aliphatic heterocycles. The van der Waals surface area contributed by atoms with Crippen molar-refractivity contribution >= 4 is 89.0 Å². The molecule has 0 unspecified atom stereocenters. The lowest BCUT2D eigenvalue weighted by Crippen LogP contribution is -2.18. The van der Waals surface area contributed by atoms with Crippen molar-refractivity contribution < 1.29 is 51.3 Å². The normalized spacial score (nSPS) is 11.6. The summed E-state index contributed by atoms with van der Waals surface area (Å²) >= 11 is 1.74. The first-order valence-electron chi connectivity index (χ1n) is 19.2. The predicted octanol–water partition coefficient (Wildman–Crippen LogP) is 7.50. The number of hydrogen-bond acceptors (Lipinski definition) is 17. The molecule has 0 aliphatic rings. The molecule has 0 fully saturated rings. The van der Waals surface area contributed by atoms with Gasteiger partial charge in [0.1, 0.15) is 53.7 Å². The molecule has 0 aliphatic carbocycles. The first-order valence-corrected chi connectivity index (χ1v) is 22.3. The van der Waals surface area contributed by atoms with Crippen LogP contribution in [-0.4, -0.2) is 86.8 Å². The van der Waals surface area contributed by atoms with Gasteiger partial charge in [0.25, 0.3) is 10.0 Å². The number of carbonyl (C=O) groups is 4. The molecule has 0 amide bonds. The summed E-state index contributed by atoms with van der Waals surface area (Å²) in [7, 11) is -3.05. The summed E-state index contributed by atoms with van der Waals surface area (Å²) in [5.74, 6) is -3.20. The molecular formula is C41H46N6O11S3. The van der Waals surface area contributed by atoms with Crippen molar-refractivity contribution in [3.8, 4) is 17.1 Å². The molecule has 324 valence electrons. The molecule has 4 heterocycles. The van der Waals surface area contributed by atoms with Crippen LogP contribution in [0.15, 0.2) is 63.5 Å². The molecule has 0 spiro atoms. The van der Waals surface area contributed by atoms with Gasteiger partial charge in [0.2, 0.25) is 0 Å². The number of ether oxygens (including phenoxy) is 5. The SMILES string of the molecule is CCCCn1cc(/C=N/c2sc(N)c(C(=O)OCC)c2C(=O)OCC)cc1-c1cc(OC)c(/C=N/c2sc(N)c(C(=O)OCC)c2C(=O)OCC)n1S(=O)(=O)c1ccccc1.